The van der Waals surface area contributed by atoms with E-state index in [4.69, 9.17) is 14.7 Å². The van der Waals surface area contributed by atoms with E-state index in [9.17, 15) is 0 Å². The van der Waals surface area contributed by atoms with Crippen LogP contribution in [0.2, 0.25) is 0 Å². The van der Waals surface area contributed by atoms with Gasteiger partial charge in [-0.3, -0.25) is 4.90 Å². The number of aryl methyl sites for hydroxylation is 2. The van der Waals surface area contributed by atoms with E-state index in [1.54, 1.807) is 23.1 Å². The predicted octanol–water partition coefficient (Wildman–Crippen LogP) is 5.12. The van der Waals surface area contributed by atoms with Gasteiger partial charge in [-0.15, -0.1) is 28.1 Å². The average Bonchev–Trinajstić information content (AvgIpc) is 3.35. The average molecular weight is 485 g/mol. The van der Waals surface area contributed by atoms with Crippen LogP contribution < -0.4 is 0 Å². The highest BCUT2D eigenvalue weighted by Gasteiger charge is 2.25. The number of ether oxygens (including phenoxy) is 1. The molecule has 0 atom stereocenters. The molecule has 7 nitrogen and oxygen atoms in total. The molecule has 0 amide bonds. The number of fused-ring (bicyclic) bond motifs is 1. The van der Waals surface area contributed by atoms with Crippen molar-refractivity contribution >= 4 is 33.3 Å². The molecule has 1 aliphatic carbocycles. The molecule has 1 aliphatic heterocycles. The summed E-state index contributed by atoms with van der Waals surface area (Å²) >= 11 is 3.38. The summed E-state index contributed by atoms with van der Waals surface area (Å²) in [5, 5.41) is 12.3. The summed E-state index contributed by atoms with van der Waals surface area (Å²) in [5.41, 5.74) is 1.26. The zero-order chi connectivity index (χ0) is 22.8. The number of morpholine rings is 1. The van der Waals surface area contributed by atoms with Crippen molar-refractivity contribution in [3.8, 4) is 0 Å². The van der Waals surface area contributed by atoms with E-state index in [-0.39, 0.29) is 0 Å². The molecule has 3 aromatic heterocycles. The van der Waals surface area contributed by atoms with Crippen LogP contribution in [0, 0.1) is 13.8 Å². The third kappa shape index (κ3) is 4.87. The highest BCUT2D eigenvalue weighted by molar-refractivity contribution is 7.99. The molecule has 2 fully saturated rings. The van der Waals surface area contributed by atoms with E-state index in [2.05, 4.69) is 40.1 Å². The van der Waals surface area contributed by atoms with Crippen molar-refractivity contribution in [2.75, 3.05) is 26.3 Å². The Morgan fingerprint density at radius 2 is 1.91 bits per heavy atom. The Hall–Kier alpha value is -1.81. The molecule has 33 heavy (non-hydrogen) atoms. The normalized spacial score (nSPS) is 18.2. The van der Waals surface area contributed by atoms with Crippen LogP contribution in [0.25, 0.3) is 10.2 Å². The van der Waals surface area contributed by atoms with Gasteiger partial charge in [-0.1, -0.05) is 25.3 Å². The fraction of sp³-hybridized carbons (Fsp3) is 0.583. The maximum Gasteiger partial charge on any atom is 0.197 e. The van der Waals surface area contributed by atoms with Gasteiger partial charge in [0.1, 0.15) is 21.5 Å². The minimum absolute atomic E-state index is 0.493. The van der Waals surface area contributed by atoms with Crippen molar-refractivity contribution in [3.63, 3.8) is 0 Å². The molecule has 2 aliphatic rings. The van der Waals surface area contributed by atoms with Gasteiger partial charge in [-0.2, -0.15) is 0 Å². The van der Waals surface area contributed by atoms with Gasteiger partial charge in [0.2, 0.25) is 0 Å². The Morgan fingerprint density at radius 1 is 1.12 bits per heavy atom. The van der Waals surface area contributed by atoms with Gasteiger partial charge < -0.3 is 9.30 Å². The lowest BCUT2D eigenvalue weighted by Crippen LogP contribution is -2.36. The van der Waals surface area contributed by atoms with Crippen LogP contribution in [0.5, 0.6) is 0 Å². The second-order valence-corrected chi connectivity index (χ2v) is 11.1. The Bertz CT molecular complexity index is 1130. The number of thiophene rings is 1. The van der Waals surface area contributed by atoms with Crippen LogP contribution >= 0.6 is 23.1 Å². The SMILES string of the molecule is C=CCn1c(Sc2nc(CN3CCOCC3)nc3sc(C)c(C)c23)nnc1C1CCCCC1. The van der Waals surface area contributed by atoms with Gasteiger partial charge in [0.05, 0.1) is 19.8 Å². The van der Waals surface area contributed by atoms with Gasteiger partial charge in [0, 0.05) is 35.8 Å². The molecular weight excluding hydrogens is 452 g/mol. The van der Waals surface area contributed by atoms with Gasteiger partial charge >= 0.3 is 0 Å². The highest BCUT2D eigenvalue weighted by atomic mass is 32.2. The molecule has 1 saturated carbocycles. The Kier molecular flexibility index (Phi) is 7.10. The number of rotatable bonds is 7. The lowest BCUT2D eigenvalue weighted by molar-refractivity contribution is 0.0330. The van der Waals surface area contributed by atoms with E-state index in [1.165, 1.54) is 42.5 Å². The summed E-state index contributed by atoms with van der Waals surface area (Å²) in [7, 11) is 0. The molecule has 0 unspecified atom stereocenters. The maximum absolute atomic E-state index is 5.51. The zero-order valence-corrected chi connectivity index (χ0v) is 21.2. The van der Waals surface area contributed by atoms with E-state index >= 15 is 0 Å². The number of hydrogen-bond donors (Lipinski definition) is 0. The van der Waals surface area contributed by atoms with Gasteiger partial charge in [0.15, 0.2) is 5.16 Å². The number of nitrogens with zero attached hydrogens (tertiary/aromatic N) is 6. The second kappa shape index (κ2) is 10.2. The third-order valence-electron chi connectivity index (χ3n) is 6.73. The molecule has 3 aromatic rings. The molecule has 0 bridgehead atoms. The van der Waals surface area contributed by atoms with Crippen molar-refractivity contribution in [3.05, 3.63) is 34.7 Å². The first-order valence-corrected chi connectivity index (χ1v) is 13.6. The third-order valence-corrected chi connectivity index (χ3v) is 8.80. The molecular formula is C24H32N6OS2. The van der Waals surface area contributed by atoms with Crippen LogP contribution in [0.15, 0.2) is 22.8 Å². The Morgan fingerprint density at radius 3 is 2.67 bits per heavy atom. The predicted molar refractivity (Wildman–Crippen MR) is 133 cm³/mol. The first-order chi connectivity index (χ1) is 16.1. The minimum atomic E-state index is 0.493. The quantitative estimate of drug-likeness (QED) is 0.341. The molecule has 4 heterocycles. The van der Waals surface area contributed by atoms with E-state index in [0.29, 0.717) is 5.92 Å². The molecule has 9 heteroatoms. The van der Waals surface area contributed by atoms with Crippen molar-refractivity contribution < 1.29 is 4.74 Å². The van der Waals surface area contributed by atoms with Crippen molar-refractivity contribution in [1.82, 2.24) is 29.6 Å². The lowest BCUT2D eigenvalue weighted by atomic mass is 9.89. The fourth-order valence-corrected chi connectivity index (χ4v) is 6.93. The zero-order valence-electron chi connectivity index (χ0n) is 19.5. The van der Waals surface area contributed by atoms with Crippen LogP contribution in [0.3, 0.4) is 0 Å². The first-order valence-electron chi connectivity index (χ1n) is 11.9. The van der Waals surface area contributed by atoms with Gasteiger partial charge in [-0.05, 0) is 44.0 Å². The van der Waals surface area contributed by atoms with E-state index in [0.717, 1.165) is 71.4 Å². The van der Waals surface area contributed by atoms with Crippen molar-refractivity contribution in [2.45, 2.75) is 75.1 Å². The standard InChI is InChI=1S/C24H32N6OS2/c1-4-10-30-21(18-8-6-5-7-9-18)27-28-24(30)33-23-20-16(2)17(3)32-22(20)25-19(26-23)15-29-11-13-31-14-12-29/h4,18H,1,5-15H2,2-3H3. The van der Waals surface area contributed by atoms with Gasteiger partial charge in [-0.25, -0.2) is 9.97 Å². The van der Waals surface area contributed by atoms with Crippen molar-refractivity contribution in [1.29, 1.82) is 0 Å². The summed E-state index contributed by atoms with van der Waals surface area (Å²) in [6.07, 6.45) is 8.22. The molecule has 0 spiro atoms. The van der Waals surface area contributed by atoms with Crippen LogP contribution in [-0.2, 0) is 17.8 Å². The molecule has 0 radical (unpaired) electrons. The van der Waals surface area contributed by atoms with Crippen LogP contribution in [0.4, 0.5) is 0 Å². The summed E-state index contributed by atoms with van der Waals surface area (Å²) in [6, 6.07) is 0. The Balaban J connectivity index is 1.51. The number of aromatic nitrogens is 5. The minimum Gasteiger partial charge on any atom is -0.379 e. The summed E-state index contributed by atoms with van der Waals surface area (Å²) in [4.78, 5) is 14.7. The topological polar surface area (TPSA) is 69.0 Å². The molecule has 176 valence electrons. The largest absolute Gasteiger partial charge is 0.379 e. The van der Waals surface area contributed by atoms with E-state index in [1.807, 2.05) is 6.08 Å². The first kappa shape index (κ1) is 23.0. The monoisotopic (exact) mass is 484 g/mol. The Labute approximate surface area is 203 Å². The van der Waals surface area contributed by atoms with E-state index < -0.39 is 0 Å². The highest BCUT2D eigenvalue weighted by Crippen LogP contribution is 2.39. The summed E-state index contributed by atoms with van der Waals surface area (Å²) < 4.78 is 7.76. The fourth-order valence-electron chi connectivity index (χ4n) is 4.78. The maximum atomic E-state index is 5.51. The second-order valence-electron chi connectivity index (χ2n) is 8.97. The number of allylic oxidation sites excluding steroid dienone is 1. The summed E-state index contributed by atoms with van der Waals surface area (Å²) in [6.45, 7) is 13.2. The van der Waals surface area contributed by atoms with Crippen LogP contribution in [0.1, 0.15) is 60.1 Å². The smallest absolute Gasteiger partial charge is 0.197 e. The van der Waals surface area contributed by atoms with Crippen molar-refractivity contribution in [2.24, 2.45) is 0 Å². The summed E-state index contributed by atoms with van der Waals surface area (Å²) in [5.74, 6) is 2.47. The number of hydrogen-bond acceptors (Lipinski definition) is 8. The molecule has 1 saturated heterocycles. The molecule has 0 N–H and O–H groups in total. The lowest BCUT2D eigenvalue weighted by Gasteiger charge is -2.25. The molecule has 0 aromatic carbocycles. The van der Waals surface area contributed by atoms with Crippen LogP contribution in [-0.4, -0.2) is 55.9 Å². The van der Waals surface area contributed by atoms with Gasteiger partial charge in [0.25, 0.3) is 0 Å². The molecule has 5 rings (SSSR count).